The second-order valence-corrected chi connectivity index (χ2v) is 32.6. The molecule has 6 heteroatoms. The number of hydrogen-bond donors (Lipinski definition) is 0. The van der Waals surface area contributed by atoms with Gasteiger partial charge >= 0.3 is 198 Å². The predicted molar refractivity (Wildman–Crippen MR) is 145 cm³/mol. The Labute approximate surface area is 195 Å². The molecule has 0 bridgehead atoms. The molecule has 1 aromatic carbocycles. The van der Waals surface area contributed by atoms with Crippen LogP contribution in [0.5, 0.6) is 0 Å². The van der Waals surface area contributed by atoms with Crippen LogP contribution in [0.4, 0.5) is 0 Å². The van der Waals surface area contributed by atoms with Gasteiger partial charge in [0, 0.05) is 0 Å². The second kappa shape index (κ2) is 18.0. The first-order valence-corrected chi connectivity index (χ1v) is 26.6. The normalized spacial score (nSPS) is 12.1. The van der Waals surface area contributed by atoms with Crippen molar-refractivity contribution in [3.05, 3.63) is 121 Å². The molecule has 0 aromatic heterocycles. The topological polar surface area (TPSA) is 0 Å². The summed E-state index contributed by atoms with van der Waals surface area (Å²) in [5.41, 5.74) is 0. The molecule has 0 atom stereocenters. The van der Waals surface area contributed by atoms with Gasteiger partial charge in [0.25, 0.3) is 0 Å². The van der Waals surface area contributed by atoms with Gasteiger partial charge in [-0.05, 0) is 0 Å². The Morgan fingerprint density at radius 2 is 0.750 bits per heavy atom. The van der Waals surface area contributed by atoms with Gasteiger partial charge in [-0.25, -0.2) is 0 Å². The zero-order chi connectivity index (χ0) is 20.5. The number of allylic oxidation sites excluding steroid dienone is 8. The van der Waals surface area contributed by atoms with Crippen molar-refractivity contribution in [1.29, 1.82) is 0 Å². The van der Waals surface area contributed by atoms with Crippen LogP contribution in [0.15, 0.2) is 121 Å². The van der Waals surface area contributed by atoms with Crippen molar-refractivity contribution in [2.75, 3.05) is 0 Å². The van der Waals surface area contributed by atoms with Crippen molar-refractivity contribution in [2.24, 2.45) is 0 Å². The third-order valence-corrected chi connectivity index (χ3v) is 32.1. The first kappa shape index (κ1) is 26.2. The Hall–Kier alpha value is 0.176. The van der Waals surface area contributed by atoms with Crippen LogP contribution in [-0.2, 0) is 0 Å². The Kier molecular flexibility index (Phi) is 16.8. The average Bonchev–Trinajstić information content (AvgIpc) is 2.72. The molecule has 0 radical (unpaired) electrons. The average molecular weight is 660 g/mol. The molecule has 0 nitrogen and oxygen atoms in total. The SMILES string of the molecule is C=CC=C[S][Sb]([S]C=CC=C)[c]1cc[c]([Sb]([S]C=CC=C)[S]C=CC=C)cc1. The first-order chi connectivity index (χ1) is 13.8. The summed E-state index contributed by atoms with van der Waals surface area (Å²) in [5.74, 6) is 0. The fraction of sp³-hybridized carbons (Fsp3) is 0. The van der Waals surface area contributed by atoms with Gasteiger partial charge in [-0.2, -0.15) is 0 Å². The predicted octanol–water partition coefficient (Wildman–Crippen LogP) is 6.81. The number of rotatable bonds is 14. The number of hydrogen-bond acceptors (Lipinski definition) is 4. The molecule has 0 aliphatic rings. The maximum atomic E-state index is 3.76. The molecule has 1 rings (SSSR count). The van der Waals surface area contributed by atoms with Crippen LogP contribution in [0, 0.1) is 0 Å². The van der Waals surface area contributed by atoms with Gasteiger partial charge in [-0.3, -0.25) is 0 Å². The Morgan fingerprint density at radius 1 is 0.500 bits per heavy atom. The number of benzene rings is 1. The van der Waals surface area contributed by atoms with Gasteiger partial charge in [-0.1, -0.05) is 0 Å². The molecule has 0 fully saturated rings. The van der Waals surface area contributed by atoms with E-state index >= 15 is 0 Å². The molecule has 1 aromatic rings. The van der Waals surface area contributed by atoms with E-state index < -0.39 is 34.8 Å². The van der Waals surface area contributed by atoms with Crippen LogP contribution in [0.25, 0.3) is 0 Å². The monoisotopic (exact) mass is 658 g/mol. The van der Waals surface area contributed by atoms with Crippen LogP contribution >= 0.6 is 35.4 Å². The first-order valence-electron chi connectivity index (χ1n) is 8.24. The molecule has 0 aliphatic carbocycles. The van der Waals surface area contributed by atoms with Gasteiger partial charge in [0.2, 0.25) is 0 Å². The maximum absolute atomic E-state index is 3.76. The fourth-order valence-corrected chi connectivity index (χ4v) is 26.0. The molecular formula is C22H24S4Sb2. The van der Waals surface area contributed by atoms with Gasteiger partial charge in [0.05, 0.1) is 0 Å². The summed E-state index contributed by atoms with van der Waals surface area (Å²) in [6.07, 6.45) is 15.4. The minimum absolute atomic E-state index is 1.49. The summed E-state index contributed by atoms with van der Waals surface area (Å²) in [6, 6.07) is 9.37. The van der Waals surface area contributed by atoms with Crippen molar-refractivity contribution >= 4 is 77.2 Å². The fourth-order valence-electron chi connectivity index (χ4n) is 1.57. The van der Waals surface area contributed by atoms with E-state index in [0.717, 1.165) is 0 Å². The molecule has 0 amide bonds. The van der Waals surface area contributed by atoms with Crippen molar-refractivity contribution in [1.82, 2.24) is 0 Å². The quantitative estimate of drug-likeness (QED) is 0.159. The van der Waals surface area contributed by atoms with Gasteiger partial charge in [0.1, 0.15) is 0 Å². The van der Waals surface area contributed by atoms with Crippen LogP contribution < -0.4 is 7.02 Å². The molecule has 0 saturated carbocycles. The molecule has 146 valence electrons. The molecule has 0 aliphatic heterocycles. The van der Waals surface area contributed by atoms with Crippen molar-refractivity contribution in [3.63, 3.8) is 0 Å². The molecular weight excluding hydrogens is 636 g/mol. The van der Waals surface area contributed by atoms with Crippen molar-refractivity contribution < 1.29 is 0 Å². The molecule has 0 unspecified atom stereocenters. The second-order valence-electron chi connectivity index (χ2n) is 4.71. The van der Waals surface area contributed by atoms with Crippen molar-refractivity contribution in [3.8, 4) is 0 Å². The van der Waals surface area contributed by atoms with E-state index in [9.17, 15) is 0 Å². The summed E-state index contributed by atoms with van der Waals surface area (Å²) < 4.78 is 2.98. The molecule has 0 N–H and O–H groups in total. The third-order valence-electron chi connectivity index (χ3n) is 2.76. The van der Waals surface area contributed by atoms with Crippen LogP contribution in [0.3, 0.4) is 0 Å². The zero-order valence-corrected chi connectivity index (χ0v) is 24.0. The zero-order valence-electron chi connectivity index (χ0n) is 15.6. The summed E-state index contributed by atoms with van der Waals surface area (Å²) in [7, 11) is 7.87. The Bertz CT molecular complexity index is 630. The van der Waals surface area contributed by atoms with Gasteiger partial charge in [-0.15, -0.1) is 0 Å². The van der Waals surface area contributed by atoms with E-state index in [1.54, 1.807) is 0 Å². The minimum atomic E-state index is -1.74. The van der Waals surface area contributed by atoms with Gasteiger partial charge in [0.15, 0.2) is 0 Å². The molecule has 0 spiro atoms. The standard InChI is InChI=1S/C6H4.4C4H6S.2Sb/c1-2-4-6-5-3-1;4*1-2-3-4-5;;/h1-2,5-6H;4*2-5H,1H2;;/q;;;;;2*+2/p-4. The summed E-state index contributed by atoms with van der Waals surface area (Å²) in [4.78, 5) is 0. The third kappa shape index (κ3) is 11.4. The Balaban J connectivity index is 2.98. The van der Waals surface area contributed by atoms with E-state index in [0.29, 0.717) is 0 Å². The Morgan fingerprint density at radius 3 is 0.964 bits per heavy atom. The van der Waals surface area contributed by atoms with Gasteiger partial charge < -0.3 is 0 Å². The van der Waals surface area contributed by atoms with Crippen LogP contribution in [-0.4, -0.2) is 34.8 Å². The van der Waals surface area contributed by atoms with E-state index in [1.807, 2.05) is 84.0 Å². The van der Waals surface area contributed by atoms with Crippen LogP contribution in [0.2, 0.25) is 0 Å². The van der Waals surface area contributed by atoms with E-state index in [4.69, 9.17) is 0 Å². The van der Waals surface area contributed by atoms with Crippen LogP contribution in [0.1, 0.15) is 0 Å². The van der Waals surface area contributed by atoms with E-state index in [-0.39, 0.29) is 0 Å². The summed E-state index contributed by atoms with van der Waals surface area (Å²) in [5, 5.41) is 8.69. The summed E-state index contributed by atoms with van der Waals surface area (Å²) in [6.45, 7) is 15.0. The molecule has 0 saturated heterocycles. The summed E-state index contributed by atoms with van der Waals surface area (Å²) >= 11 is -3.48. The van der Waals surface area contributed by atoms with E-state index in [2.05, 4.69) is 72.2 Å². The molecule has 28 heavy (non-hydrogen) atoms. The van der Waals surface area contributed by atoms with Crippen molar-refractivity contribution in [2.45, 2.75) is 0 Å². The molecule has 0 heterocycles. The van der Waals surface area contributed by atoms with E-state index in [1.165, 1.54) is 7.02 Å².